The number of rotatable bonds is 4. The second-order valence-electron chi connectivity index (χ2n) is 9.39. The maximum absolute atomic E-state index is 12.3. The van der Waals surface area contributed by atoms with E-state index in [1.165, 1.54) is 11.3 Å². The van der Waals surface area contributed by atoms with Gasteiger partial charge in [-0.1, -0.05) is 25.2 Å². The van der Waals surface area contributed by atoms with Crippen LogP contribution in [0.15, 0.2) is 0 Å². The van der Waals surface area contributed by atoms with E-state index in [2.05, 4.69) is 14.8 Å². The Hall–Kier alpha value is -1.87. The van der Waals surface area contributed by atoms with E-state index in [0.717, 1.165) is 44.2 Å². The summed E-state index contributed by atoms with van der Waals surface area (Å²) in [6.45, 7) is 14.5. The number of piperazine rings is 1. The number of nitrogens with zero attached hydrogens (tertiary/aromatic N) is 4. The molecule has 0 saturated carbocycles. The molecule has 1 aromatic rings. The summed E-state index contributed by atoms with van der Waals surface area (Å²) in [7, 11) is 0. The fourth-order valence-corrected chi connectivity index (χ4v) is 5.13. The molecule has 0 atom stereocenters. The Kier molecular flexibility index (Phi) is 6.91. The zero-order chi connectivity index (χ0) is 22.1. The van der Waals surface area contributed by atoms with E-state index < -0.39 is 11.6 Å². The fourth-order valence-electron chi connectivity index (χ4n) is 4.02. The van der Waals surface area contributed by atoms with E-state index in [9.17, 15) is 14.7 Å². The smallest absolute Gasteiger partial charge is 0.410 e. The number of aromatic carboxylic acids is 1. The number of piperidine rings is 1. The number of carbonyl (C=O) groups is 2. The number of hydrogen-bond acceptors (Lipinski definition) is 7. The van der Waals surface area contributed by atoms with Gasteiger partial charge in [-0.3, -0.25) is 4.90 Å². The number of anilines is 1. The molecule has 0 spiro atoms. The van der Waals surface area contributed by atoms with Crippen LogP contribution in [0.5, 0.6) is 0 Å². The molecule has 2 fully saturated rings. The first kappa shape index (κ1) is 22.8. The molecule has 2 aliphatic rings. The minimum atomic E-state index is -0.889. The molecule has 0 bridgehead atoms. The molecule has 2 aliphatic heterocycles. The highest BCUT2D eigenvalue weighted by atomic mass is 32.1. The van der Waals surface area contributed by atoms with E-state index in [4.69, 9.17) is 4.74 Å². The third-order valence-electron chi connectivity index (χ3n) is 5.60. The van der Waals surface area contributed by atoms with Gasteiger partial charge < -0.3 is 19.6 Å². The first-order chi connectivity index (χ1) is 14.0. The standard InChI is InChI=1S/C21H34N4O4S/c1-14(2)16-17(18(26)27)30-19(22-16)24-8-6-15(7-9-24)23-10-12-25(13-11-23)20(28)29-21(3,4)5/h14-15H,6-13H2,1-5H3,(H,26,27). The highest BCUT2D eigenvalue weighted by molar-refractivity contribution is 7.17. The Morgan fingerprint density at radius 2 is 1.70 bits per heavy atom. The van der Waals surface area contributed by atoms with Crippen molar-refractivity contribution in [3.8, 4) is 0 Å². The van der Waals surface area contributed by atoms with Gasteiger partial charge in [0.15, 0.2) is 5.13 Å². The Labute approximate surface area is 182 Å². The number of aromatic nitrogens is 1. The van der Waals surface area contributed by atoms with Gasteiger partial charge in [0.05, 0.1) is 5.69 Å². The molecule has 1 amide bonds. The van der Waals surface area contributed by atoms with Gasteiger partial charge in [-0.15, -0.1) is 0 Å². The molecule has 3 rings (SSSR count). The van der Waals surface area contributed by atoms with Crippen molar-refractivity contribution in [1.29, 1.82) is 0 Å². The van der Waals surface area contributed by atoms with Crippen molar-refractivity contribution in [2.24, 2.45) is 0 Å². The lowest BCUT2D eigenvalue weighted by Crippen LogP contribution is -2.55. The lowest BCUT2D eigenvalue weighted by molar-refractivity contribution is 0.00900. The van der Waals surface area contributed by atoms with Crippen molar-refractivity contribution in [3.63, 3.8) is 0 Å². The molecule has 9 heteroatoms. The molecule has 30 heavy (non-hydrogen) atoms. The quantitative estimate of drug-likeness (QED) is 0.770. The summed E-state index contributed by atoms with van der Waals surface area (Å²) in [6, 6.07) is 0.491. The maximum atomic E-state index is 12.3. The highest BCUT2D eigenvalue weighted by Gasteiger charge is 2.32. The normalized spacial score (nSPS) is 19.4. The number of thiazole rings is 1. The maximum Gasteiger partial charge on any atom is 0.410 e. The third kappa shape index (κ3) is 5.43. The van der Waals surface area contributed by atoms with Crippen LogP contribution in [-0.4, -0.2) is 82.9 Å². The van der Waals surface area contributed by atoms with Crippen molar-refractivity contribution in [2.45, 2.75) is 65.0 Å². The molecule has 3 heterocycles. The highest BCUT2D eigenvalue weighted by Crippen LogP contribution is 2.33. The van der Waals surface area contributed by atoms with Gasteiger partial charge in [-0.05, 0) is 39.5 Å². The van der Waals surface area contributed by atoms with Crippen LogP contribution >= 0.6 is 11.3 Å². The molecule has 1 aromatic heterocycles. The van der Waals surface area contributed by atoms with Gasteiger partial charge in [-0.2, -0.15) is 0 Å². The molecule has 1 N–H and O–H groups in total. The summed E-state index contributed by atoms with van der Waals surface area (Å²) in [4.78, 5) is 35.3. The molecule has 0 aliphatic carbocycles. The molecule has 2 saturated heterocycles. The predicted octanol–water partition coefficient (Wildman–Crippen LogP) is 3.49. The monoisotopic (exact) mass is 438 g/mol. The van der Waals surface area contributed by atoms with Crippen molar-refractivity contribution in [1.82, 2.24) is 14.8 Å². The zero-order valence-corrected chi connectivity index (χ0v) is 19.5. The second-order valence-corrected chi connectivity index (χ2v) is 10.4. The largest absolute Gasteiger partial charge is 0.477 e. The van der Waals surface area contributed by atoms with Gasteiger partial charge in [0.25, 0.3) is 0 Å². The summed E-state index contributed by atoms with van der Waals surface area (Å²) in [5.41, 5.74) is 0.218. The Balaban J connectivity index is 1.51. The van der Waals surface area contributed by atoms with E-state index in [0.29, 0.717) is 29.7 Å². The zero-order valence-electron chi connectivity index (χ0n) is 18.7. The predicted molar refractivity (Wildman–Crippen MR) is 118 cm³/mol. The number of amides is 1. The van der Waals surface area contributed by atoms with E-state index >= 15 is 0 Å². The van der Waals surface area contributed by atoms with E-state index in [-0.39, 0.29) is 12.0 Å². The van der Waals surface area contributed by atoms with Crippen LogP contribution < -0.4 is 4.90 Å². The number of carbonyl (C=O) groups excluding carboxylic acids is 1. The number of hydrogen-bond donors (Lipinski definition) is 1. The first-order valence-corrected chi connectivity index (χ1v) is 11.6. The van der Waals surface area contributed by atoms with Gasteiger partial charge in [0.2, 0.25) is 0 Å². The van der Waals surface area contributed by atoms with Crippen LogP contribution in [-0.2, 0) is 4.74 Å². The molecule has 0 radical (unpaired) electrons. The van der Waals surface area contributed by atoms with Gasteiger partial charge >= 0.3 is 12.1 Å². The Morgan fingerprint density at radius 1 is 1.10 bits per heavy atom. The summed E-state index contributed by atoms with van der Waals surface area (Å²) in [6.07, 6.45) is 1.81. The van der Waals surface area contributed by atoms with Gasteiger partial charge in [0, 0.05) is 45.3 Å². The number of ether oxygens (including phenoxy) is 1. The molecule has 0 aromatic carbocycles. The molecule has 8 nitrogen and oxygen atoms in total. The third-order valence-corrected chi connectivity index (χ3v) is 6.72. The van der Waals surface area contributed by atoms with Crippen molar-refractivity contribution < 1.29 is 19.4 Å². The summed E-state index contributed by atoms with van der Waals surface area (Å²) >= 11 is 1.29. The van der Waals surface area contributed by atoms with Crippen molar-refractivity contribution >= 4 is 28.5 Å². The minimum Gasteiger partial charge on any atom is -0.477 e. The lowest BCUT2D eigenvalue weighted by Gasteiger charge is -2.42. The second kappa shape index (κ2) is 9.09. The number of carboxylic acid groups (broad SMARTS) is 1. The van der Waals surface area contributed by atoms with Crippen LogP contribution in [0.3, 0.4) is 0 Å². The van der Waals surface area contributed by atoms with Crippen LogP contribution in [0.2, 0.25) is 0 Å². The SMILES string of the molecule is CC(C)c1nc(N2CCC(N3CCN(C(=O)OC(C)(C)C)CC3)CC2)sc1C(=O)O. The molecule has 0 unspecified atom stereocenters. The Bertz CT molecular complexity index is 758. The van der Waals surface area contributed by atoms with E-state index in [1.807, 2.05) is 34.6 Å². The molecular weight excluding hydrogens is 404 g/mol. The van der Waals surface area contributed by atoms with Crippen LogP contribution in [0.1, 0.15) is 68.7 Å². The summed E-state index contributed by atoms with van der Waals surface area (Å²) in [5.74, 6) is -0.792. The van der Waals surface area contributed by atoms with Crippen molar-refractivity contribution in [3.05, 3.63) is 10.6 Å². The van der Waals surface area contributed by atoms with Crippen LogP contribution in [0, 0.1) is 0 Å². The average Bonchev–Trinajstić information content (AvgIpc) is 3.13. The van der Waals surface area contributed by atoms with Gasteiger partial charge in [0.1, 0.15) is 10.5 Å². The molecule has 168 valence electrons. The van der Waals surface area contributed by atoms with Crippen molar-refractivity contribution in [2.75, 3.05) is 44.2 Å². The van der Waals surface area contributed by atoms with Gasteiger partial charge in [-0.25, -0.2) is 14.6 Å². The average molecular weight is 439 g/mol. The fraction of sp³-hybridized carbons (Fsp3) is 0.762. The molecular formula is C21H34N4O4S. The minimum absolute atomic E-state index is 0.0971. The van der Waals surface area contributed by atoms with E-state index in [1.54, 1.807) is 4.90 Å². The Morgan fingerprint density at radius 3 is 2.17 bits per heavy atom. The lowest BCUT2D eigenvalue weighted by atomic mass is 10.0. The summed E-state index contributed by atoms with van der Waals surface area (Å²) in [5, 5.41) is 10.3. The van der Waals surface area contributed by atoms with Crippen LogP contribution in [0.25, 0.3) is 0 Å². The first-order valence-electron chi connectivity index (χ1n) is 10.8. The summed E-state index contributed by atoms with van der Waals surface area (Å²) < 4.78 is 5.48. The number of carboxylic acids is 1. The topological polar surface area (TPSA) is 86.2 Å². The van der Waals surface area contributed by atoms with Crippen LogP contribution in [0.4, 0.5) is 9.93 Å².